The molecule has 1 aromatic heterocycles. The molecule has 0 saturated carbocycles. The van der Waals surface area contributed by atoms with Crippen molar-refractivity contribution >= 4 is 17.3 Å². The molecule has 0 saturated heterocycles. The van der Waals surface area contributed by atoms with Gasteiger partial charge >= 0.3 is 5.97 Å². The van der Waals surface area contributed by atoms with E-state index in [0.29, 0.717) is 6.54 Å². The summed E-state index contributed by atoms with van der Waals surface area (Å²) in [5.74, 6) is -0.222. The summed E-state index contributed by atoms with van der Waals surface area (Å²) in [5, 5.41) is 4.13. The summed E-state index contributed by atoms with van der Waals surface area (Å²) in [6.45, 7) is 2.18. The number of esters is 1. The van der Waals surface area contributed by atoms with Gasteiger partial charge in [0.1, 0.15) is 0 Å². The smallest absolute Gasteiger partial charge is 0.312 e. The van der Waals surface area contributed by atoms with Crippen molar-refractivity contribution < 1.29 is 9.53 Å². The van der Waals surface area contributed by atoms with Crippen molar-refractivity contribution in [2.45, 2.75) is 19.8 Å². The van der Waals surface area contributed by atoms with Gasteiger partial charge in [-0.25, -0.2) is 0 Å². The third-order valence-corrected chi connectivity index (χ3v) is 3.41. The van der Waals surface area contributed by atoms with E-state index >= 15 is 0 Å². The zero-order valence-corrected chi connectivity index (χ0v) is 9.97. The molecule has 1 aromatic rings. The number of methoxy groups -OCH3 is 1. The van der Waals surface area contributed by atoms with Crippen molar-refractivity contribution in [3.63, 3.8) is 0 Å². The lowest BCUT2D eigenvalue weighted by molar-refractivity contribution is -0.151. The Morgan fingerprint density at radius 1 is 1.67 bits per heavy atom. The van der Waals surface area contributed by atoms with Gasteiger partial charge in [-0.3, -0.25) is 4.79 Å². The lowest BCUT2D eigenvalue weighted by atomic mass is 9.84. The number of carbonyl (C=O) groups excluding carboxylic acids is 1. The second-order valence-electron chi connectivity index (χ2n) is 3.89. The molecule has 1 atom stereocenters. The van der Waals surface area contributed by atoms with Crippen LogP contribution in [-0.2, 0) is 16.0 Å². The molecule has 1 rings (SSSR count). The Morgan fingerprint density at radius 2 is 2.40 bits per heavy atom. The highest BCUT2D eigenvalue weighted by molar-refractivity contribution is 7.07. The van der Waals surface area contributed by atoms with Crippen LogP contribution in [0.4, 0.5) is 0 Å². The van der Waals surface area contributed by atoms with E-state index in [1.807, 2.05) is 12.3 Å². The molecule has 0 aliphatic heterocycles. The van der Waals surface area contributed by atoms with E-state index in [-0.39, 0.29) is 5.97 Å². The predicted octanol–water partition coefficient (Wildman–Crippen LogP) is 1.82. The van der Waals surface area contributed by atoms with Gasteiger partial charge in [0.2, 0.25) is 0 Å². The molecule has 0 aliphatic carbocycles. The molecule has 0 fully saturated rings. The van der Waals surface area contributed by atoms with Crippen LogP contribution >= 0.6 is 11.3 Å². The second-order valence-corrected chi connectivity index (χ2v) is 4.67. The topological polar surface area (TPSA) is 52.3 Å². The number of aryl methyl sites for hydroxylation is 1. The summed E-state index contributed by atoms with van der Waals surface area (Å²) < 4.78 is 4.76. The Hall–Kier alpha value is -0.870. The molecule has 84 valence electrons. The van der Waals surface area contributed by atoms with Crippen LogP contribution in [-0.4, -0.2) is 19.6 Å². The molecule has 0 radical (unpaired) electrons. The first-order valence-corrected chi connectivity index (χ1v) is 5.86. The maximum atomic E-state index is 11.5. The van der Waals surface area contributed by atoms with Crippen LogP contribution in [0.5, 0.6) is 0 Å². The fourth-order valence-corrected chi connectivity index (χ4v) is 2.09. The minimum Gasteiger partial charge on any atom is -0.469 e. The predicted molar refractivity (Wildman–Crippen MR) is 61.8 cm³/mol. The van der Waals surface area contributed by atoms with Crippen LogP contribution in [0.3, 0.4) is 0 Å². The van der Waals surface area contributed by atoms with E-state index in [1.54, 1.807) is 11.3 Å². The van der Waals surface area contributed by atoms with E-state index < -0.39 is 5.41 Å². The Bertz CT molecular complexity index is 310. The number of hydrogen-bond acceptors (Lipinski definition) is 4. The quantitative estimate of drug-likeness (QED) is 0.781. The van der Waals surface area contributed by atoms with Crippen molar-refractivity contribution in [2.75, 3.05) is 13.7 Å². The molecule has 0 aromatic carbocycles. The van der Waals surface area contributed by atoms with Gasteiger partial charge in [-0.2, -0.15) is 11.3 Å². The number of ether oxygens (including phenoxy) is 1. The Morgan fingerprint density at radius 3 is 2.87 bits per heavy atom. The molecule has 4 heteroatoms. The van der Waals surface area contributed by atoms with Gasteiger partial charge in [-0.15, -0.1) is 0 Å². The molecular weight excluding hydrogens is 210 g/mol. The van der Waals surface area contributed by atoms with Gasteiger partial charge in [-0.1, -0.05) is 0 Å². The largest absolute Gasteiger partial charge is 0.469 e. The minimum atomic E-state index is -0.559. The Labute approximate surface area is 94.2 Å². The maximum absolute atomic E-state index is 11.5. The van der Waals surface area contributed by atoms with Crippen LogP contribution in [0.2, 0.25) is 0 Å². The van der Waals surface area contributed by atoms with E-state index in [4.69, 9.17) is 10.5 Å². The summed E-state index contributed by atoms with van der Waals surface area (Å²) in [5.41, 5.74) is 6.32. The van der Waals surface area contributed by atoms with Gasteiger partial charge in [-0.05, 0) is 42.2 Å². The molecule has 1 heterocycles. The fourth-order valence-electron chi connectivity index (χ4n) is 1.39. The van der Waals surface area contributed by atoms with E-state index in [9.17, 15) is 4.79 Å². The summed E-state index contributed by atoms with van der Waals surface area (Å²) >= 11 is 1.66. The van der Waals surface area contributed by atoms with Crippen LogP contribution in [0, 0.1) is 5.41 Å². The van der Waals surface area contributed by atoms with Crippen LogP contribution < -0.4 is 5.73 Å². The van der Waals surface area contributed by atoms with Crippen molar-refractivity contribution in [3.05, 3.63) is 22.4 Å². The van der Waals surface area contributed by atoms with Crippen LogP contribution in [0.15, 0.2) is 16.8 Å². The maximum Gasteiger partial charge on any atom is 0.312 e. The summed E-state index contributed by atoms with van der Waals surface area (Å²) in [7, 11) is 1.40. The number of rotatable bonds is 5. The number of carbonyl (C=O) groups is 1. The van der Waals surface area contributed by atoms with Gasteiger partial charge in [0.25, 0.3) is 0 Å². The van der Waals surface area contributed by atoms with E-state index in [2.05, 4.69) is 11.4 Å². The third-order valence-electron chi connectivity index (χ3n) is 2.67. The third kappa shape index (κ3) is 3.04. The Kier molecular flexibility index (Phi) is 4.29. The normalized spacial score (nSPS) is 14.6. The molecule has 0 spiro atoms. The first kappa shape index (κ1) is 12.2. The SMILES string of the molecule is COC(=O)C(C)(CN)CCc1ccsc1. The molecule has 0 amide bonds. The average molecular weight is 227 g/mol. The van der Waals surface area contributed by atoms with Crippen molar-refractivity contribution in [1.29, 1.82) is 0 Å². The standard InChI is InChI=1S/C11H17NO2S/c1-11(8-12,10(13)14-2)5-3-9-4-6-15-7-9/h4,6-7H,3,5,8,12H2,1-2H3. The van der Waals surface area contributed by atoms with Crippen LogP contribution in [0.25, 0.3) is 0 Å². The van der Waals surface area contributed by atoms with E-state index in [1.165, 1.54) is 12.7 Å². The molecule has 0 bridgehead atoms. The molecule has 3 nitrogen and oxygen atoms in total. The van der Waals surface area contributed by atoms with Crippen molar-refractivity contribution in [1.82, 2.24) is 0 Å². The van der Waals surface area contributed by atoms with Gasteiger partial charge in [0.15, 0.2) is 0 Å². The number of hydrogen-bond donors (Lipinski definition) is 1. The Balaban J connectivity index is 2.57. The minimum absolute atomic E-state index is 0.222. The lowest BCUT2D eigenvalue weighted by Crippen LogP contribution is -2.37. The molecule has 15 heavy (non-hydrogen) atoms. The summed E-state index contributed by atoms with van der Waals surface area (Å²) in [6.07, 6.45) is 1.60. The van der Waals surface area contributed by atoms with Crippen molar-refractivity contribution in [3.8, 4) is 0 Å². The van der Waals surface area contributed by atoms with E-state index in [0.717, 1.165) is 12.8 Å². The van der Waals surface area contributed by atoms with Gasteiger partial charge in [0, 0.05) is 6.54 Å². The number of thiophene rings is 1. The zero-order chi connectivity index (χ0) is 11.3. The molecule has 2 N–H and O–H groups in total. The van der Waals surface area contributed by atoms with Gasteiger partial charge < -0.3 is 10.5 Å². The highest BCUT2D eigenvalue weighted by atomic mass is 32.1. The average Bonchev–Trinajstić information content (AvgIpc) is 2.77. The first-order chi connectivity index (χ1) is 7.12. The molecular formula is C11H17NO2S. The van der Waals surface area contributed by atoms with Crippen LogP contribution in [0.1, 0.15) is 18.9 Å². The highest BCUT2D eigenvalue weighted by Crippen LogP contribution is 2.24. The number of nitrogens with two attached hydrogens (primary N) is 1. The lowest BCUT2D eigenvalue weighted by Gasteiger charge is -2.24. The molecule has 1 unspecified atom stereocenters. The fraction of sp³-hybridized carbons (Fsp3) is 0.545. The monoisotopic (exact) mass is 227 g/mol. The summed E-state index contributed by atoms with van der Waals surface area (Å²) in [6, 6.07) is 2.07. The second kappa shape index (κ2) is 5.28. The zero-order valence-electron chi connectivity index (χ0n) is 9.16. The first-order valence-electron chi connectivity index (χ1n) is 4.92. The highest BCUT2D eigenvalue weighted by Gasteiger charge is 2.32. The summed E-state index contributed by atoms with van der Waals surface area (Å²) in [4.78, 5) is 11.5. The molecule has 0 aliphatic rings. The van der Waals surface area contributed by atoms with Crippen molar-refractivity contribution in [2.24, 2.45) is 11.1 Å². The van der Waals surface area contributed by atoms with Gasteiger partial charge in [0.05, 0.1) is 12.5 Å².